The molecule has 2 aromatic heterocycles. The van der Waals surface area contributed by atoms with Gasteiger partial charge in [-0.25, -0.2) is 14.4 Å². The van der Waals surface area contributed by atoms with Crippen molar-refractivity contribution in [3.05, 3.63) is 66.6 Å². The van der Waals surface area contributed by atoms with E-state index in [9.17, 15) is 13.6 Å². The number of rotatable bonds is 6. The van der Waals surface area contributed by atoms with Crippen molar-refractivity contribution in [1.82, 2.24) is 14.4 Å². The smallest absolute Gasteiger partial charge is 0.220 e. The van der Waals surface area contributed by atoms with Crippen molar-refractivity contribution < 1.29 is 18.3 Å². The van der Waals surface area contributed by atoms with E-state index >= 15 is 0 Å². The summed E-state index contributed by atoms with van der Waals surface area (Å²) in [5.74, 6) is -2.03. The molecule has 3 heterocycles. The lowest BCUT2D eigenvalue weighted by molar-refractivity contribution is -0.122. The third kappa shape index (κ3) is 4.23. The zero-order valence-electron chi connectivity index (χ0n) is 19.0. The van der Waals surface area contributed by atoms with Crippen LogP contribution < -0.4 is 20.7 Å². The van der Waals surface area contributed by atoms with Crippen LogP contribution in [-0.4, -0.2) is 40.5 Å². The van der Waals surface area contributed by atoms with E-state index in [2.05, 4.69) is 20.2 Å². The number of hydrogen-bond acceptors (Lipinski definition) is 6. The average Bonchev–Trinajstić information content (AvgIpc) is 3.31. The highest BCUT2D eigenvalue weighted by Gasteiger charge is 2.23. The van der Waals surface area contributed by atoms with Crippen LogP contribution in [0.5, 0.6) is 5.75 Å². The van der Waals surface area contributed by atoms with E-state index in [-0.39, 0.29) is 23.1 Å². The lowest BCUT2D eigenvalue weighted by Gasteiger charge is -2.32. The largest absolute Gasteiger partial charge is 0.494 e. The first kappa shape index (κ1) is 22.6. The summed E-state index contributed by atoms with van der Waals surface area (Å²) >= 11 is 0. The van der Waals surface area contributed by atoms with Gasteiger partial charge in [-0.15, -0.1) is 0 Å². The minimum absolute atomic E-state index is 0.0546. The Labute approximate surface area is 200 Å². The molecule has 0 unspecified atom stereocenters. The maximum Gasteiger partial charge on any atom is 0.220 e. The van der Waals surface area contributed by atoms with Gasteiger partial charge in [-0.05, 0) is 49.2 Å². The molecule has 180 valence electrons. The molecule has 0 aliphatic carbocycles. The molecule has 35 heavy (non-hydrogen) atoms. The molecule has 5 rings (SSSR count). The van der Waals surface area contributed by atoms with E-state index in [1.165, 1.54) is 25.4 Å². The summed E-state index contributed by atoms with van der Waals surface area (Å²) < 4.78 is 35.5. The van der Waals surface area contributed by atoms with Crippen molar-refractivity contribution in [2.75, 3.05) is 30.4 Å². The Morgan fingerprint density at radius 2 is 1.83 bits per heavy atom. The van der Waals surface area contributed by atoms with E-state index in [0.29, 0.717) is 17.2 Å². The van der Waals surface area contributed by atoms with Crippen molar-refractivity contribution in [1.29, 1.82) is 0 Å². The summed E-state index contributed by atoms with van der Waals surface area (Å²) in [5.41, 5.74) is 8.21. The van der Waals surface area contributed by atoms with Gasteiger partial charge in [0.15, 0.2) is 23.0 Å². The molecule has 1 saturated heterocycles. The number of imidazole rings is 1. The van der Waals surface area contributed by atoms with Crippen LogP contribution in [-0.2, 0) is 4.79 Å². The van der Waals surface area contributed by atoms with Crippen LogP contribution in [0.2, 0.25) is 0 Å². The minimum Gasteiger partial charge on any atom is -0.494 e. The predicted molar refractivity (Wildman–Crippen MR) is 129 cm³/mol. The van der Waals surface area contributed by atoms with Gasteiger partial charge in [0.25, 0.3) is 0 Å². The Hall–Kier alpha value is -4.21. The van der Waals surface area contributed by atoms with E-state index in [1.54, 1.807) is 16.8 Å². The topological polar surface area (TPSA) is 97.8 Å². The van der Waals surface area contributed by atoms with Gasteiger partial charge < -0.3 is 20.7 Å². The molecule has 8 nitrogen and oxygen atoms in total. The summed E-state index contributed by atoms with van der Waals surface area (Å²) in [4.78, 5) is 22.4. The number of amides is 1. The number of piperidine rings is 1. The van der Waals surface area contributed by atoms with E-state index in [4.69, 9.17) is 10.5 Å². The minimum atomic E-state index is -1.05. The van der Waals surface area contributed by atoms with Gasteiger partial charge in [-0.3, -0.25) is 9.20 Å². The molecule has 10 heteroatoms. The highest BCUT2D eigenvalue weighted by molar-refractivity contribution is 5.77. The third-order valence-corrected chi connectivity index (χ3v) is 6.36. The van der Waals surface area contributed by atoms with Gasteiger partial charge in [0.2, 0.25) is 11.7 Å². The highest BCUT2D eigenvalue weighted by Crippen LogP contribution is 2.32. The molecule has 1 amide bonds. The Balaban J connectivity index is 1.37. The molecule has 1 aliphatic heterocycles. The zero-order chi connectivity index (χ0) is 24.5. The normalized spacial score (nSPS) is 14.3. The number of ether oxygens (including phenoxy) is 1. The van der Waals surface area contributed by atoms with Crippen molar-refractivity contribution >= 4 is 28.7 Å². The van der Waals surface area contributed by atoms with Gasteiger partial charge in [-0.2, -0.15) is 4.39 Å². The van der Waals surface area contributed by atoms with Crippen molar-refractivity contribution in [3.8, 4) is 17.0 Å². The molecule has 0 bridgehead atoms. The molecule has 3 N–H and O–H groups in total. The predicted octanol–water partition coefficient (Wildman–Crippen LogP) is 4.13. The molecular formula is C25H24F2N6O2. The Bertz CT molecular complexity index is 1380. The molecule has 0 saturated carbocycles. The summed E-state index contributed by atoms with van der Waals surface area (Å²) in [6.07, 6.45) is 6.19. The number of aromatic nitrogens is 3. The monoisotopic (exact) mass is 478 g/mol. The summed E-state index contributed by atoms with van der Waals surface area (Å²) in [5, 5.41) is 3.25. The first-order valence-electron chi connectivity index (χ1n) is 11.2. The quantitative estimate of drug-likeness (QED) is 0.433. The van der Waals surface area contributed by atoms with Gasteiger partial charge in [0.1, 0.15) is 0 Å². The van der Waals surface area contributed by atoms with E-state index in [0.717, 1.165) is 37.3 Å². The second kappa shape index (κ2) is 9.21. The number of carbonyl (C=O) groups is 1. The summed E-state index contributed by atoms with van der Waals surface area (Å²) in [7, 11) is 1.29. The number of nitrogens with one attached hydrogen (secondary N) is 1. The summed E-state index contributed by atoms with van der Waals surface area (Å²) in [6, 6.07) is 10.7. The number of methoxy groups -OCH3 is 1. The number of nitrogens with zero attached hydrogens (tertiary/aromatic N) is 4. The Morgan fingerprint density at radius 3 is 2.51 bits per heavy atom. The molecule has 4 aromatic rings. The van der Waals surface area contributed by atoms with Gasteiger partial charge >= 0.3 is 0 Å². The van der Waals surface area contributed by atoms with Crippen LogP contribution >= 0.6 is 0 Å². The number of hydrogen-bond donors (Lipinski definition) is 2. The number of carbonyl (C=O) groups excluding carboxylic acids is 1. The number of benzene rings is 2. The molecule has 0 spiro atoms. The van der Waals surface area contributed by atoms with Gasteiger partial charge in [0, 0.05) is 48.3 Å². The standard InChI is InChI=1S/C25H24F2N6O2/c1-35-20-7-6-18(21(26)22(20)27)19-14-30-25-24(29-10-13-33(19)25)31-16-2-4-17(5-3-16)32-11-8-15(9-12-32)23(28)34/h2-7,10,13-15H,8-9,11-12H2,1H3,(H2,28,34)(H,29,31). The van der Waals surface area contributed by atoms with Crippen LogP contribution in [0.25, 0.3) is 16.9 Å². The fraction of sp³-hybridized carbons (Fsp3) is 0.240. The number of nitrogens with two attached hydrogens (primary N) is 1. The first-order chi connectivity index (χ1) is 17.0. The second-order valence-corrected chi connectivity index (χ2v) is 8.39. The second-order valence-electron chi connectivity index (χ2n) is 8.39. The molecule has 0 radical (unpaired) electrons. The number of primary amides is 1. The fourth-order valence-electron chi connectivity index (χ4n) is 4.41. The fourth-order valence-corrected chi connectivity index (χ4v) is 4.41. The highest BCUT2D eigenvalue weighted by atomic mass is 19.2. The van der Waals surface area contributed by atoms with Crippen molar-refractivity contribution in [2.24, 2.45) is 11.7 Å². The maximum atomic E-state index is 14.7. The van der Waals surface area contributed by atoms with Crippen LogP contribution in [0.3, 0.4) is 0 Å². The molecular weight excluding hydrogens is 454 g/mol. The first-order valence-corrected chi connectivity index (χ1v) is 11.2. The third-order valence-electron chi connectivity index (χ3n) is 6.36. The molecule has 1 fully saturated rings. The summed E-state index contributed by atoms with van der Waals surface area (Å²) in [6.45, 7) is 1.56. The Kier molecular flexibility index (Phi) is 5.94. The molecule has 1 aliphatic rings. The lowest BCUT2D eigenvalue weighted by atomic mass is 9.96. The van der Waals surface area contributed by atoms with Crippen LogP contribution in [0.1, 0.15) is 12.8 Å². The average molecular weight is 479 g/mol. The Morgan fingerprint density at radius 1 is 1.09 bits per heavy atom. The van der Waals surface area contributed by atoms with E-state index in [1.807, 2.05) is 24.3 Å². The van der Waals surface area contributed by atoms with Crippen LogP contribution in [0.4, 0.5) is 26.0 Å². The van der Waals surface area contributed by atoms with Crippen LogP contribution in [0.15, 0.2) is 55.0 Å². The number of anilines is 3. The van der Waals surface area contributed by atoms with E-state index < -0.39 is 11.6 Å². The van der Waals surface area contributed by atoms with Gasteiger partial charge in [-0.1, -0.05) is 0 Å². The van der Waals surface area contributed by atoms with Crippen molar-refractivity contribution in [2.45, 2.75) is 12.8 Å². The molecule has 2 aromatic carbocycles. The number of halogens is 2. The lowest BCUT2D eigenvalue weighted by Crippen LogP contribution is -2.38. The zero-order valence-corrected chi connectivity index (χ0v) is 19.0. The van der Waals surface area contributed by atoms with Crippen molar-refractivity contribution in [3.63, 3.8) is 0 Å². The number of fused-ring (bicyclic) bond motifs is 1. The van der Waals surface area contributed by atoms with Crippen LogP contribution in [0, 0.1) is 17.6 Å². The molecule has 0 atom stereocenters. The van der Waals surface area contributed by atoms with Gasteiger partial charge in [0.05, 0.1) is 19.0 Å². The maximum absolute atomic E-state index is 14.7. The SMILES string of the molecule is COc1ccc(-c2cnc3c(Nc4ccc(N5CCC(C(N)=O)CC5)cc4)nccn23)c(F)c1F.